The van der Waals surface area contributed by atoms with E-state index >= 15 is 0 Å². The van der Waals surface area contributed by atoms with Crippen LogP contribution in [0.4, 0.5) is 5.69 Å². The summed E-state index contributed by atoms with van der Waals surface area (Å²) in [6.45, 7) is 1.28. The molecule has 0 saturated carbocycles. The predicted molar refractivity (Wildman–Crippen MR) is 69.9 cm³/mol. The van der Waals surface area contributed by atoms with Gasteiger partial charge in [-0.1, -0.05) is 12.1 Å². The molecule has 6 nitrogen and oxygen atoms in total. The van der Waals surface area contributed by atoms with Gasteiger partial charge in [0.2, 0.25) is 15.9 Å². The highest BCUT2D eigenvalue weighted by Crippen LogP contribution is 2.12. The number of nitrogens with zero attached hydrogens (tertiary/aromatic N) is 1. The molecule has 0 heterocycles. The Labute approximate surface area is 107 Å². The third-order valence-electron chi connectivity index (χ3n) is 2.40. The molecule has 0 unspecified atom stereocenters. The zero-order chi connectivity index (χ0) is 13.8. The van der Waals surface area contributed by atoms with Crippen molar-refractivity contribution < 1.29 is 13.2 Å². The van der Waals surface area contributed by atoms with Gasteiger partial charge >= 0.3 is 0 Å². The summed E-state index contributed by atoms with van der Waals surface area (Å²) >= 11 is 0. The van der Waals surface area contributed by atoms with Crippen molar-refractivity contribution in [3.05, 3.63) is 29.8 Å². The molecule has 0 aliphatic heterocycles. The van der Waals surface area contributed by atoms with Gasteiger partial charge < -0.3 is 11.5 Å². The Kier molecular flexibility index (Phi) is 4.69. The molecule has 0 fully saturated rings. The van der Waals surface area contributed by atoms with Crippen molar-refractivity contribution in [2.75, 3.05) is 18.0 Å². The highest BCUT2D eigenvalue weighted by atomic mass is 32.2. The summed E-state index contributed by atoms with van der Waals surface area (Å²) in [5, 5.41) is 0. The van der Waals surface area contributed by atoms with E-state index in [-0.39, 0.29) is 18.8 Å². The van der Waals surface area contributed by atoms with E-state index in [1.807, 2.05) is 0 Å². The molecule has 0 aliphatic carbocycles. The second kappa shape index (κ2) is 5.83. The van der Waals surface area contributed by atoms with Gasteiger partial charge in [-0.05, 0) is 24.6 Å². The number of rotatable bonds is 6. The van der Waals surface area contributed by atoms with Crippen LogP contribution in [0.3, 0.4) is 0 Å². The van der Waals surface area contributed by atoms with E-state index in [0.29, 0.717) is 11.3 Å². The Bertz CT molecular complexity index is 528. The van der Waals surface area contributed by atoms with Crippen LogP contribution in [0.25, 0.3) is 0 Å². The molecule has 100 valence electrons. The van der Waals surface area contributed by atoms with Crippen LogP contribution < -0.4 is 11.5 Å². The highest BCUT2D eigenvalue weighted by molar-refractivity contribution is 7.89. The number of hydrogen-bond acceptors (Lipinski definition) is 4. The van der Waals surface area contributed by atoms with E-state index in [1.165, 1.54) is 6.92 Å². The van der Waals surface area contributed by atoms with Gasteiger partial charge in [0, 0.05) is 12.2 Å². The standard InChI is InChI=1S/C11H17N3O3S/c1-2-18(16,17)14(8-11(13)15)7-9-4-3-5-10(12)6-9/h3-6H,2,7-8,12H2,1H3,(H2,13,15). The van der Waals surface area contributed by atoms with Gasteiger partial charge in [-0.15, -0.1) is 0 Å². The lowest BCUT2D eigenvalue weighted by Crippen LogP contribution is -2.38. The average Bonchev–Trinajstić information content (AvgIpc) is 2.27. The number of sulfonamides is 1. The molecule has 18 heavy (non-hydrogen) atoms. The lowest BCUT2D eigenvalue weighted by molar-refractivity contribution is -0.118. The molecule has 0 saturated heterocycles. The van der Waals surface area contributed by atoms with Crippen molar-refractivity contribution in [2.24, 2.45) is 5.73 Å². The number of nitrogens with two attached hydrogens (primary N) is 2. The zero-order valence-corrected chi connectivity index (χ0v) is 11.0. The molecule has 1 rings (SSSR count). The third kappa shape index (κ3) is 4.01. The molecular formula is C11H17N3O3S. The SMILES string of the molecule is CCS(=O)(=O)N(CC(N)=O)Cc1cccc(N)c1. The summed E-state index contributed by atoms with van der Waals surface area (Å²) in [6.07, 6.45) is 0. The van der Waals surface area contributed by atoms with Crippen LogP contribution in [0, 0.1) is 0 Å². The van der Waals surface area contributed by atoms with Crippen molar-refractivity contribution in [1.29, 1.82) is 0 Å². The molecule has 0 aliphatic rings. The second-order valence-corrected chi connectivity index (χ2v) is 6.14. The maximum Gasteiger partial charge on any atom is 0.232 e. The first kappa shape index (κ1) is 14.5. The van der Waals surface area contributed by atoms with Crippen LogP contribution in [-0.2, 0) is 21.4 Å². The van der Waals surface area contributed by atoms with Gasteiger partial charge in [0.05, 0.1) is 12.3 Å². The first-order chi connectivity index (χ1) is 8.35. The van der Waals surface area contributed by atoms with Gasteiger partial charge in [-0.3, -0.25) is 4.79 Å². The van der Waals surface area contributed by atoms with Gasteiger partial charge in [0.1, 0.15) is 0 Å². The quantitative estimate of drug-likeness (QED) is 0.705. The molecule has 0 aromatic heterocycles. The van der Waals surface area contributed by atoms with Crippen LogP contribution in [0.5, 0.6) is 0 Å². The van der Waals surface area contributed by atoms with Crippen LogP contribution in [0.15, 0.2) is 24.3 Å². The minimum Gasteiger partial charge on any atom is -0.399 e. The fourth-order valence-electron chi connectivity index (χ4n) is 1.50. The number of nitrogen functional groups attached to an aromatic ring is 1. The van der Waals surface area contributed by atoms with E-state index in [1.54, 1.807) is 24.3 Å². The molecule has 7 heteroatoms. The zero-order valence-electron chi connectivity index (χ0n) is 10.2. The summed E-state index contributed by atoms with van der Waals surface area (Å²) in [5.41, 5.74) is 11.9. The van der Waals surface area contributed by atoms with Gasteiger partial charge in [-0.25, -0.2) is 8.42 Å². The van der Waals surface area contributed by atoms with Gasteiger partial charge in [0.15, 0.2) is 0 Å². The molecule has 1 aromatic carbocycles. The van der Waals surface area contributed by atoms with E-state index in [4.69, 9.17) is 11.5 Å². The summed E-state index contributed by atoms with van der Waals surface area (Å²) in [6, 6.07) is 6.84. The predicted octanol–water partition coefficient (Wildman–Crippen LogP) is -0.0942. The maximum absolute atomic E-state index is 11.8. The first-order valence-electron chi connectivity index (χ1n) is 5.45. The number of carbonyl (C=O) groups is 1. The van der Waals surface area contributed by atoms with E-state index in [9.17, 15) is 13.2 Å². The lowest BCUT2D eigenvalue weighted by Gasteiger charge is -2.20. The van der Waals surface area contributed by atoms with Crippen molar-refractivity contribution in [3.8, 4) is 0 Å². The summed E-state index contributed by atoms with van der Waals surface area (Å²) in [4.78, 5) is 10.9. The molecule has 0 bridgehead atoms. The second-order valence-electron chi connectivity index (χ2n) is 3.88. The molecule has 1 aromatic rings. The van der Waals surface area contributed by atoms with Crippen molar-refractivity contribution in [2.45, 2.75) is 13.5 Å². The molecule has 4 N–H and O–H groups in total. The number of primary amides is 1. The lowest BCUT2D eigenvalue weighted by atomic mass is 10.2. The van der Waals surface area contributed by atoms with E-state index in [2.05, 4.69) is 0 Å². The molecule has 0 spiro atoms. The number of amides is 1. The maximum atomic E-state index is 11.8. The minimum absolute atomic E-state index is 0.0808. The smallest absolute Gasteiger partial charge is 0.232 e. The Morgan fingerprint density at radius 3 is 2.56 bits per heavy atom. The largest absolute Gasteiger partial charge is 0.399 e. The molecule has 1 amide bonds. The summed E-state index contributed by atoms with van der Waals surface area (Å²) in [7, 11) is -3.47. The number of carbonyl (C=O) groups excluding carboxylic acids is 1. The molecular weight excluding hydrogens is 254 g/mol. The Morgan fingerprint density at radius 2 is 2.06 bits per heavy atom. The van der Waals surface area contributed by atoms with E-state index < -0.39 is 15.9 Å². The van der Waals surface area contributed by atoms with Crippen molar-refractivity contribution in [3.63, 3.8) is 0 Å². The van der Waals surface area contributed by atoms with Gasteiger partial charge in [-0.2, -0.15) is 4.31 Å². The average molecular weight is 271 g/mol. The minimum atomic E-state index is -3.47. The van der Waals surface area contributed by atoms with Crippen LogP contribution >= 0.6 is 0 Å². The Hall–Kier alpha value is -1.60. The number of hydrogen-bond donors (Lipinski definition) is 2. The highest BCUT2D eigenvalue weighted by Gasteiger charge is 2.22. The number of benzene rings is 1. The Morgan fingerprint density at radius 1 is 1.39 bits per heavy atom. The molecule has 0 atom stereocenters. The van der Waals surface area contributed by atoms with Crippen LogP contribution in [0.1, 0.15) is 12.5 Å². The fraction of sp³-hybridized carbons (Fsp3) is 0.364. The van der Waals surface area contributed by atoms with Crippen LogP contribution in [0.2, 0.25) is 0 Å². The Balaban J connectivity index is 2.95. The monoisotopic (exact) mass is 271 g/mol. The van der Waals surface area contributed by atoms with Crippen molar-refractivity contribution >= 4 is 21.6 Å². The third-order valence-corrected chi connectivity index (χ3v) is 4.17. The first-order valence-corrected chi connectivity index (χ1v) is 7.06. The van der Waals surface area contributed by atoms with Gasteiger partial charge in [0.25, 0.3) is 0 Å². The summed E-state index contributed by atoms with van der Waals surface area (Å²) in [5.74, 6) is -0.765. The van der Waals surface area contributed by atoms with Crippen molar-refractivity contribution in [1.82, 2.24) is 4.31 Å². The summed E-state index contributed by atoms with van der Waals surface area (Å²) < 4.78 is 24.7. The fourth-order valence-corrected chi connectivity index (χ4v) is 2.54. The topological polar surface area (TPSA) is 106 Å². The molecule has 0 radical (unpaired) electrons. The van der Waals surface area contributed by atoms with Crippen LogP contribution in [-0.4, -0.2) is 30.9 Å². The van der Waals surface area contributed by atoms with E-state index in [0.717, 1.165) is 4.31 Å². The normalized spacial score (nSPS) is 11.7. The number of anilines is 1.